The van der Waals surface area contributed by atoms with Gasteiger partial charge in [-0.1, -0.05) is 5.21 Å². The molecule has 0 spiro atoms. The lowest BCUT2D eigenvalue weighted by Crippen LogP contribution is -2.28. The summed E-state index contributed by atoms with van der Waals surface area (Å²) >= 11 is 0. The fourth-order valence-electron chi connectivity index (χ4n) is 1.36. The first-order valence-electron chi connectivity index (χ1n) is 4.72. The highest BCUT2D eigenvalue weighted by Gasteiger charge is 2.21. The minimum atomic E-state index is -1.12. The van der Waals surface area contributed by atoms with Gasteiger partial charge in [-0.25, -0.2) is 14.3 Å². The third-order valence-corrected chi connectivity index (χ3v) is 2.20. The maximum atomic E-state index is 11.1. The van der Waals surface area contributed by atoms with E-state index in [1.807, 2.05) is 0 Å². The van der Waals surface area contributed by atoms with Crippen molar-refractivity contribution in [3.63, 3.8) is 0 Å². The SMILES string of the molecule is O=C(O)c1cn(CCN2CCOC2=O)nn1. The molecule has 0 bridgehead atoms. The highest BCUT2D eigenvalue weighted by molar-refractivity contribution is 5.84. The van der Waals surface area contributed by atoms with Gasteiger partial charge in [0.25, 0.3) is 0 Å². The fraction of sp³-hybridized carbons (Fsp3) is 0.500. The van der Waals surface area contributed by atoms with Crippen LogP contribution in [0.1, 0.15) is 10.5 Å². The summed E-state index contributed by atoms with van der Waals surface area (Å²) in [6.07, 6.45) is 0.975. The van der Waals surface area contributed by atoms with Crippen LogP contribution in [-0.4, -0.2) is 56.8 Å². The van der Waals surface area contributed by atoms with Gasteiger partial charge in [-0.2, -0.15) is 0 Å². The van der Waals surface area contributed by atoms with E-state index >= 15 is 0 Å². The Morgan fingerprint density at radius 1 is 1.56 bits per heavy atom. The van der Waals surface area contributed by atoms with E-state index < -0.39 is 5.97 Å². The van der Waals surface area contributed by atoms with Crippen molar-refractivity contribution in [2.45, 2.75) is 6.54 Å². The Kier molecular flexibility index (Phi) is 2.71. The first kappa shape index (κ1) is 10.4. The predicted octanol–water partition coefficient (Wildman–Crippen LogP) is -0.572. The second kappa shape index (κ2) is 4.17. The number of amides is 1. The number of hydrogen-bond acceptors (Lipinski definition) is 5. The van der Waals surface area contributed by atoms with Crippen LogP contribution in [0.15, 0.2) is 6.20 Å². The molecule has 1 fully saturated rings. The summed E-state index contributed by atoms with van der Waals surface area (Å²) in [5.74, 6) is -1.12. The van der Waals surface area contributed by atoms with Crippen molar-refractivity contribution in [3.8, 4) is 0 Å². The van der Waals surface area contributed by atoms with Gasteiger partial charge in [-0.15, -0.1) is 5.10 Å². The largest absolute Gasteiger partial charge is 0.476 e. The quantitative estimate of drug-likeness (QED) is 0.738. The number of carbonyl (C=O) groups excluding carboxylic acids is 1. The molecule has 86 valence electrons. The van der Waals surface area contributed by atoms with Crippen LogP contribution < -0.4 is 0 Å². The van der Waals surface area contributed by atoms with Gasteiger partial charge in [0.1, 0.15) is 6.61 Å². The molecule has 8 nitrogen and oxygen atoms in total. The standard InChI is InChI=1S/C8H10N4O4/c13-7(14)6-5-12(10-9-6)2-1-11-3-4-16-8(11)15/h5H,1-4H2,(H,13,14). The average molecular weight is 226 g/mol. The first-order chi connectivity index (χ1) is 7.66. The molecule has 0 saturated carbocycles. The van der Waals surface area contributed by atoms with Gasteiger partial charge in [0.05, 0.1) is 19.3 Å². The Balaban J connectivity index is 1.89. The number of carboxylic acids is 1. The molecule has 0 radical (unpaired) electrons. The van der Waals surface area contributed by atoms with Crippen molar-refractivity contribution in [2.24, 2.45) is 0 Å². The number of aromatic nitrogens is 3. The molecule has 1 aromatic rings. The maximum absolute atomic E-state index is 11.1. The monoisotopic (exact) mass is 226 g/mol. The molecule has 1 saturated heterocycles. The van der Waals surface area contributed by atoms with E-state index in [2.05, 4.69) is 10.3 Å². The van der Waals surface area contributed by atoms with Crippen molar-refractivity contribution in [3.05, 3.63) is 11.9 Å². The highest BCUT2D eigenvalue weighted by atomic mass is 16.6. The molecule has 0 unspecified atom stereocenters. The van der Waals surface area contributed by atoms with Crippen LogP contribution in [0.2, 0.25) is 0 Å². The molecule has 1 aliphatic rings. The van der Waals surface area contributed by atoms with Crippen LogP contribution in [0.4, 0.5) is 4.79 Å². The van der Waals surface area contributed by atoms with Crippen LogP contribution in [0.25, 0.3) is 0 Å². The third kappa shape index (κ3) is 2.10. The molecular formula is C8H10N4O4. The fourth-order valence-corrected chi connectivity index (χ4v) is 1.36. The van der Waals surface area contributed by atoms with Crippen LogP contribution in [0.5, 0.6) is 0 Å². The van der Waals surface area contributed by atoms with E-state index in [1.54, 1.807) is 0 Å². The lowest BCUT2D eigenvalue weighted by Gasteiger charge is -2.11. The Morgan fingerprint density at radius 3 is 2.94 bits per heavy atom. The Labute approximate surface area is 90.4 Å². The predicted molar refractivity (Wildman–Crippen MR) is 49.9 cm³/mol. The molecule has 8 heteroatoms. The van der Waals surface area contributed by atoms with E-state index in [1.165, 1.54) is 15.8 Å². The normalized spacial score (nSPS) is 15.2. The number of ether oxygens (including phenoxy) is 1. The van der Waals surface area contributed by atoms with Crippen LogP contribution >= 0.6 is 0 Å². The summed E-state index contributed by atoms with van der Waals surface area (Å²) in [7, 11) is 0. The highest BCUT2D eigenvalue weighted by Crippen LogP contribution is 2.03. The van der Waals surface area contributed by atoms with Gasteiger partial charge in [0, 0.05) is 6.54 Å². The van der Waals surface area contributed by atoms with Gasteiger partial charge in [0.15, 0.2) is 5.69 Å². The number of carboxylic acid groups (broad SMARTS) is 1. The zero-order valence-electron chi connectivity index (χ0n) is 8.37. The van der Waals surface area contributed by atoms with Crippen molar-refractivity contribution >= 4 is 12.1 Å². The van der Waals surface area contributed by atoms with Crippen molar-refractivity contribution in [2.75, 3.05) is 19.7 Å². The number of rotatable bonds is 4. The topological polar surface area (TPSA) is 97.6 Å². The number of carbonyl (C=O) groups is 2. The lowest BCUT2D eigenvalue weighted by molar-refractivity contribution is 0.0690. The maximum Gasteiger partial charge on any atom is 0.410 e. The van der Waals surface area contributed by atoms with E-state index in [0.717, 1.165) is 0 Å². The van der Waals surface area contributed by atoms with Gasteiger partial charge in [-0.05, 0) is 0 Å². The molecule has 0 atom stereocenters. The number of nitrogens with zero attached hydrogens (tertiary/aromatic N) is 4. The van der Waals surface area contributed by atoms with Crippen molar-refractivity contribution in [1.29, 1.82) is 0 Å². The minimum absolute atomic E-state index is 0.107. The van der Waals surface area contributed by atoms with E-state index in [4.69, 9.17) is 9.84 Å². The Bertz CT molecular complexity index is 416. The lowest BCUT2D eigenvalue weighted by atomic mass is 10.5. The average Bonchev–Trinajstić information content (AvgIpc) is 2.83. The second-order valence-electron chi connectivity index (χ2n) is 3.27. The molecule has 1 aromatic heterocycles. The van der Waals surface area contributed by atoms with E-state index in [9.17, 15) is 9.59 Å². The molecule has 2 heterocycles. The third-order valence-electron chi connectivity index (χ3n) is 2.20. The van der Waals surface area contributed by atoms with E-state index in [0.29, 0.717) is 26.2 Å². The summed E-state index contributed by atoms with van der Waals surface area (Å²) in [6.45, 7) is 1.78. The molecule has 1 aliphatic heterocycles. The molecule has 0 aromatic carbocycles. The Morgan fingerprint density at radius 2 is 2.38 bits per heavy atom. The van der Waals surface area contributed by atoms with Crippen molar-refractivity contribution in [1.82, 2.24) is 19.9 Å². The number of hydrogen-bond donors (Lipinski definition) is 1. The van der Waals surface area contributed by atoms with Crippen LogP contribution in [-0.2, 0) is 11.3 Å². The summed E-state index contributed by atoms with van der Waals surface area (Å²) in [6, 6.07) is 0. The number of aromatic carboxylic acids is 1. The smallest absolute Gasteiger partial charge is 0.410 e. The van der Waals surface area contributed by atoms with Gasteiger partial charge >= 0.3 is 12.1 Å². The summed E-state index contributed by atoms with van der Waals surface area (Å²) in [5.41, 5.74) is -0.107. The molecule has 16 heavy (non-hydrogen) atoms. The summed E-state index contributed by atoms with van der Waals surface area (Å²) in [5, 5.41) is 15.7. The molecule has 1 N–H and O–H groups in total. The van der Waals surface area contributed by atoms with Crippen molar-refractivity contribution < 1.29 is 19.4 Å². The van der Waals surface area contributed by atoms with Crippen LogP contribution in [0, 0.1) is 0 Å². The minimum Gasteiger partial charge on any atom is -0.476 e. The molecular weight excluding hydrogens is 216 g/mol. The summed E-state index contributed by atoms with van der Waals surface area (Å²) < 4.78 is 6.13. The van der Waals surface area contributed by atoms with Gasteiger partial charge < -0.3 is 14.7 Å². The van der Waals surface area contributed by atoms with Gasteiger partial charge in [-0.3, -0.25) is 0 Å². The number of cyclic esters (lactones) is 1. The molecule has 1 amide bonds. The van der Waals surface area contributed by atoms with E-state index in [-0.39, 0.29) is 11.8 Å². The Hall–Kier alpha value is -2.12. The zero-order chi connectivity index (χ0) is 11.5. The molecule has 0 aliphatic carbocycles. The zero-order valence-corrected chi connectivity index (χ0v) is 8.37. The van der Waals surface area contributed by atoms with Crippen LogP contribution in [0.3, 0.4) is 0 Å². The first-order valence-corrected chi connectivity index (χ1v) is 4.72. The molecule has 2 rings (SSSR count). The summed E-state index contributed by atoms with van der Waals surface area (Å²) in [4.78, 5) is 23.1. The van der Waals surface area contributed by atoms with Gasteiger partial charge in [0.2, 0.25) is 0 Å². The second-order valence-corrected chi connectivity index (χ2v) is 3.27.